The maximum Gasteiger partial charge on any atom is 0.255 e. The molecule has 9 nitrogen and oxygen atoms in total. The van der Waals surface area contributed by atoms with Crippen LogP contribution in [-0.4, -0.2) is 44.0 Å². The Morgan fingerprint density at radius 1 is 1.11 bits per heavy atom. The highest BCUT2D eigenvalue weighted by molar-refractivity contribution is 6.01. The number of carbonyl (C=O) groups excluding carboxylic acids is 1. The number of aromatic nitrogens is 4. The summed E-state index contributed by atoms with van der Waals surface area (Å²) in [4.78, 5) is 21.7. The number of anilines is 1. The molecule has 3 aromatic carbocycles. The number of ether oxygens (including phenoxy) is 1. The van der Waals surface area contributed by atoms with Gasteiger partial charge >= 0.3 is 0 Å². The average molecular weight is 509 g/mol. The van der Waals surface area contributed by atoms with Gasteiger partial charge in [0, 0.05) is 12.1 Å². The van der Waals surface area contributed by atoms with Crippen LogP contribution in [0, 0.1) is 0 Å². The van der Waals surface area contributed by atoms with E-state index in [0.717, 1.165) is 34.7 Å². The molecular formula is C29H28N6O3. The predicted molar refractivity (Wildman–Crippen MR) is 146 cm³/mol. The first kappa shape index (κ1) is 23.9. The Morgan fingerprint density at radius 3 is 2.58 bits per heavy atom. The third-order valence-corrected chi connectivity index (χ3v) is 7.23. The lowest BCUT2D eigenvalue weighted by Gasteiger charge is -2.11. The summed E-state index contributed by atoms with van der Waals surface area (Å²) in [6.45, 7) is 0.357. The fraction of sp³-hybridized carbons (Fsp3) is 0.241. The summed E-state index contributed by atoms with van der Waals surface area (Å²) in [7, 11) is 1.57. The number of benzene rings is 3. The molecule has 0 spiro atoms. The average Bonchev–Trinajstić information content (AvgIpc) is 3.55. The molecule has 4 N–H and O–H groups in total. The van der Waals surface area contributed by atoms with E-state index in [9.17, 15) is 9.90 Å². The molecule has 1 fully saturated rings. The Bertz CT molecular complexity index is 1650. The summed E-state index contributed by atoms with van der Waals surface area (Å²) in [5.41, 5.74) is 9.93. The molecule has 1 amide bonds. The fourth-order valence-electron chi connectivity index (χ4n) is 5.23. The van der Waals surface area contributed by atoms with Gasteiger partial charge in [-0.15, -0.1) is 0 Å². The maximum atomic E-state index is 13.0. The molecule has 192 valence electrons. The van der Waals surface area contributed by atoms with Crippen LogP contribution in [0.15, 0.2) is 67.0 Å². The van der Waals surface area contributed by atoms with Gasteiger partial charge in [-0.25, -0.2) is 14.6 Å². The number of hydrogen-bond acceptors (Lipinski definition) is 7. The number of methoxy groups -OCH3 is 1. The fourth-order valence-corrected chi connectivity index (χ4v) is 5.23. The molecular weight excluding hydrogens is 480 g/mol. The van der Waals surface area contributed by atoms with E-state index >= 15 is 0 Å². The lowest BCUT2D eigenvalue weighted by molar-refractivity contribution is 0.0948. The van der Waals surface area contributed by atoms with Gasteiger partial charge in [0.2, 0.25) is 0 Å². The minimum atomic E-state index is -0.328. The standard InChI is InChI=1S/C29H28N6O3/c1-38-24-13-20-5-3-2-4-19(20)12-23(24)29(37)31-15-17-6-8-18(9-7-17)26-25-27(30)32-16-33-28(25)35(34-26)21-10-11-22(36)14-21/h2-9,12-13,16,21-22,36H,10-11,14-15H2,1H3,(H,31,37)(H2,30,32,33). The third-order valence-electron chi connectivity index (χ3n) is 7.23. The van der Waals surface area contributed by atoms with E-state index in [-0.39, 0.29) is 18.1 Å². The van der Waals surface area contributed by atoms with Gasteiger partial charge in [0.1, 0.15) is 23.6 Å². The minimum Gasteiger partial charge on any atom is -0.496 e. The van der Waals surface area contributed by atoms with Gasteiger partial charge in [0.25, 0.3) is 5.91 Å². The number of fused-ring (bicyclic) bond motifs is 2. The van der Waals surface area contributed by atoms with Crippen molar-refractivity contribution in [2.45, 2.75) is 38.0 Å². The normalized spacial score (nSPS) is 17.2. The minimum absolute atomic E-state index is 0.0668. The van der Waals surface area contributed by atoms with Crippen molar-refractivity contribution in [1.82, 2.24) is 25.1 Å². The van der Waals surface area contributed by atoms with E-state index in [1.807, 2.05) is 65.3 Å². The van der Waals surface area contributed by atoms with Gasteiger partial charge < -0.3 is 20.9 Å². The second-order valence-electron chi connectivity index (χ2n) is 9.65. The zero-order valence-electron chi connectivity index (χ0n) is 21.0. The highest BCUT2D eigenvalue weighted by Crippen LogP contribution is 2.36. The van der Waals surface area contributed by atoms with Gasteiger partial charge in [-0.05, 0) is 47.7 Å². The van der Waals surface area contributed by atoms with Crippen LogP contribution in [0.4, 0.5) is 5.82 Å². The highest BCUT2D eigenvalue weighted by Gasteiger charge is 2.28. The number of nitrogens with one attached hydrogen (secondary N) is 1. The molecule has 0 aliphatic heterocycles. The quantitative estimate of drug-likeness (QED) is 0.313. The topological polar surface area (TPSA) is 128 Å². The van der Waals surface area contributed by atoms with Crippen LogP contribution in [-0.2, 0) is 6.54 Å². The number of amides is 1. The van der Waals surface area contributed by atoms with Crippen LogP contribution in [0.2, 0.25) is 0 Å². The van der Waals surface area contributed by atoms with E-state index in [1.54, 1.807) is 7.11 Å². The van der Waals surface area contributed by atoms with Gasteiger partial charge in [-0.2, -0.15) is 5.10 Å². The van der Waals surface area contributed by atoms with Crippen molar-refractivity contribution in [2.75, 3.05) is 12.8 Å². The SMILES string of the molecule is COc1cc2ccccc2cc1C(=O)NCc1ccc(-c2nn(C3CCC(O)C3)c3ncnc(N)c23)cc1. The van der Waals surface area contributed by atoms with Crippen molar-refractivity contribution < 1.29 is 14.6 Å². The molecule has 2 aromatic heterocycles. The largest absolute Gasteiger partial charge is 0.496 e. The van der Waals surface area contributed by atoms with Crippen LogP contribution >= 0.6 is 0 Å². The first-order valence-corrected chi connectivity index (χ1v) is 12.6. The number of nitrogens with zero attached hydrogens (tertiary/aromatic N) is 4. The first-order chi connectivity index (χ1) is 18.5. The molecule has 1 aliphatic carbocycles. The molecule has 2 heterocycles. The number of nitrogen functional groups attached to an aromatic ring is 1. The third kappa shape index (κ3) is 4.31. The van der Waals surface area contributed by atoms with E-state index in [1.165, 1.54) is 6.33 Å². The van der Waals surface area contributed by atoms with Gasteiger partial charge in [0.15, 0.2) is 5.65 Å². The number of nitrogens with two attached hydrogens (primary N) is 1. The lowest BCUT2D eigenvalue weighted by atomic mass is 10.0. The van der Waals surface area contributed by atoms with Crippen molar-refractivity contribution in [3.63, 3.8) is 0 Å². The van der Waals surface area contributed by atoms with E-state index in [2.05, 4.69) is 15.3 Å². The van der Waals surface area contributed by atoms with Crippen molar-refractivity contribution >= 4 is 33.5 Å². The summed E-state index contributed by atoms with van der Waals surface area (Å²) in [5, 5.41) is 20.6. The second-order valence-corrected chi connectivity index (χ2v) is 9.65. The number of rotatable bonds is 6. The van der Waals surface area contributed by atoms with Gasteiger partial charge in [-0.1, -0.05) is 48.5 Å². The van der Waals surface area contributed by atoms with Crippen LogP contribution in [0.25, 0.3) is 33.1 Å². The molecule has 5 aromatic rings. The zero-order valence-corrected chi connectivity index (χ0v) is 21.0. The molecule has 2 atom stereocenters. The number of aliphatic hydroxyl groups excluding tert-OH is 1. The zero-order chi connectivity index (χ0) is 26.2. The lowest BCUT2D eigenvalue weighted by Crippen LogP contribution is -2.23. The summed E-state index contributed by atoms with van der Waals surface area (Å²) in [5.74, 6) is 0.703. The second kappa shape index (κ2) is 9.75. The Labute approximate surface area is 219 Å². The molecule has 9 heteroatoms. The monoisotopic (exact) mass is 508 g/mol. The Hall–Kier alpha value is -4.50. The molecule has 1 saturated carbocycles. The molecule has 0 saturated heterocycles. The molecule has 1 aliphatic rings. The van der Waals surface area contributed by atoms with E-state index in [4.69, 9.17) is 15.6 Å². The predicted octanol–water partition coefficient (Wildman–Crippen LogP) is 4.25. The Balaban J connectivity index is 1.24. The summed E-state index contributed by atoms with van der Waals surface area (Å²) in [6.07, 6.45) is 3.34. The summed E-state index contributed by atoms with van der Waals surface area (Å²) >= 11 is 0. The number of hydrogen-bond donors (Lipinski definition) is 3. The van der Waals surface area contributed by atoms with E-state index < -0.39 is 0 Å². The van der Waals surface area contributed by atoms with Crippen LogP contribution in [0.3, 0.4) is 0 Å². The Morgan fingerprint density at radius 2 is 1.87 bits per heavy atom. The number of carbonyl (C=O) groups is 1. The van der Waals surface area contributed by atoms with Crippen LogP contribution < -0.4 is 15.8 Å². The highest BCUT2D eigenvalue weighted by atomic mass is 16.5. The first-order valence-electron chi connectivity index (χ1n) is 12.6. The summed E-state index contributed by atoms with van der Waals surface area (Å²) < 4.78 is 7.36. The molecule has 38 heavy (non-hydrogen) atoms. The van der Waals surface area contributed by atoms with Crippen LogP contribution in [0.1, 0.15) is 41.2 Å². The van der Waals surface area contributed by atoms with Crippen molar-refractivity contribution in [2.24, 2.45) is 0 Å². The van der Waals surface area contributed by atoms with Gasteiger partial charge in [-0.3, -0.25) is 4.79 Å². The van der Waals surface area contributed by atoms with Crippen molar-refractivity contribution in [1.29, 1.82) is 0 Å². The van der Waals surface area contributed by atoms with Crippen molar-refractivity contribution in [3.8, 4) is 17.0 Å². The molecule has 0 radical (unpaired) electrons. The Kier molecular flexibility index (Phi) is 6.13. The maximum absolute atomic E-state index is 13.0. The number of aliphatic hydroxyl groups is 1. The van der Waals surface area contributed by atoms with Gasteiger partial charge in [0.05, 0.1) is 30.2 Å². The smallest absolute Gasteiger partial charge is 0.255 e. The van der Waals surface area contributed by atoms with Crippen LogP contribution in [0.5, 0.6) is 5.75 Å². The molecule has 6 rings (SSSR count). The van der Waals surface area contributed by atoms with E-state index in [0.29, 0.717) is 46.8 Å². The molecule has 2 unspecified atom stereocenters. The summed E-state index contributed by atoms with van der Waals surface area (Å²) in [6, 6.07) is 19.5. The molecule has 0 bridgehead atoms. The van der Waals surface area contributed by atoms with Crippen molar-refractivity contribution in [3.05, 3.63) is 78.1 Å².